The number of allylic oxidation sites excluding steroid dienone is 2. The molecule has 0 bridgehead atoms. The fraction of sp³-hybridized carbons (Fsp3) is 0.714. The molecule has 1 aliphatic rings. The van der Waals surface area contributed by atoms with Crippen molar-refractivity contribution in [3.63, 3.8) is 0 Å². The highest BCUT2D eigenvalue weighted by atomic mass is 16.3. The van der Waals surface area contributed by atoms with Gasteiger partial charge in [-0.15, -0.1) is 0 Å². The highest BCUT2D eigenvalue weighted by molar-refractivity contribution is 5.26. The lowest BCUT2D eigenvalue weighted by molar-refractivity contribution is -0.0800. The zero-order valence-corrected chi connectivity index (χ0v) is 10.8. The van der Waals surface area contributed by atoms with Crippen LogP contribution in [0.1, 0.15) is 41.5 Å². The second kappa shape index (κ2) is 3.48. The lowest BCUT2D eigenvalue weighted by Gasteiger charge is -2.49. The Bertz CT molecular complexity index is 285. The van der Waals surface area contributed by atoms with E-state index in [0.29, 0.717) is 0 Å². The van der Waals surface area contributed by atoms with E-state index in [0.717, 1.165) is 0 Å². The molecule has 1 nitrogen and oxygen atoms in total. The maximum atomic E-state index is 10.9. The third-order valence-corrected chi connectivity index (χ3v) is 3.37. The molecule has 0 amide bonds. The van der Waals surface area contributed by atoms with E-state index in [-0.39, 0.29) is 16.7 Å². The molecule has 2 unspecified atom stereocenters. The Morgan fingerprint density at radius 3 is 1.87 bits per heavy atom. The quantitative estimate of drug-likeness (QED) is 0.645. The minimum Gasteiger partial charge on any atom is -0.385 e. The van der Waals surface area contributed by atoms with Gasteiger partial charge in [0.2, 0.25) is 0 Å². The van der Waals surface area contributed by atoms with Crippen molar-refractivity contribution >= 4 is 0 Å². The van der Waals surface area contributed by atoms with Crippen LogP contribution in [0.15, 0.2) is 24.3 Å². The average molecular weight is 208 g/mol. The summed E-state index contributed by atoms with van der Waals surface area (Å²) < 4.78 is 0. The minimum atomic E-state index is -0.750. The molecule has 0 radical (unpaired) electrons. The van der Waals surface area contributed by atoms with Crippen LogP contribution in [-0.4, -0.2) is 10.7 Å². The Kier molecular flexibility index (Phi) is 2.90. The molecule has 0 fully saturated rings. The van der Waals surface area contributed by atoms with Gasteiger partial charge in [-0.3, -0.25) is 0 Å². The molecule has 0 aromatic rings. The van der Waals surface area contributed by atoms with Gasteiger partial charge in [0.05, 0.1) is 5.60 Å². The molecule has 0 aromatic carbocycles. The lowest BCUT2D eigenvalue weighted by atomic mass is 9.60. The molecule has 0 saturated carbocycles. The standard InChI is InChI=1S/C14H24O/c1-12(2,3)11-9-7-8-10-14(11,15)13(4,5)6/h7-11,15H,1-6H3. The van der Waals surface area contributed by atoms with Crippen LogP contribution in [0, 0.1) is 16.7 Å². The predicted octanol–water partition coefficient (Wildman–Crippen LogP) is 3.55. The van der Waals surface area contributed by atoms with Crippen molar-refractivity contribution in [1.29, 1.82) is 0 Å². The molecule has 0 aromatic heterocycles. The fourth-order valence-corrected chi connectivity index (χ4v) is 2.29. The molecule has 1 N–H and O–H groups in total. The van der Waals surface area contributed by atoms with E-state index in [4.69, 9.17) is 0 Å². The summed E-state index contributed by atoms with van der Waals surface area (Å²) in [5.74, 6) is 0.162. The fourth-order valence-electron chi connectivity index (χ4n) is 2.29. The van der Waals surface area contributed by atoms with Gasteiger partial charge >= 0.3 is 0 Å². The molecule has 0 aliphatic heterocycles. The molecule has 0 saturated heterocycles. The van der Waals surface area contributed by atoms with Gasteiger partial charge in [-0.25, -0.2) is 0 Å². The van der Waals surface area contributed by atoms with Crippen LogP contribution in [0.5, 0.6) is 0 Å². The molecule has 1 aliphatic carbocycles. The Balaban J connectivity index is 3.17. The second-order valence-electron chi connectivity index (χ2n) is 6.66. The summed E-state index contributed by atoms with van der Waals surface area (Å²) in [6, 6.07) is 0. The van der Waals surface area contributed by atoms with Gasteiger partial charge in [-0.1, -0.05) is 65.8 Å². The number of hydrogen-bond donors (Lipinski definition) is 1. The summed E-state index contributed by atoms with van der Waals surface area (Å²) in [7, 11) is 0. The third-order valence-electron chi connectivity index (χ3n) is 3.37. The van der Waals surface area contributed by atoms with Crippen molar-refractivity contribution in [1.82, 2.24) is 0 Å². The van der Waals surface area contributed by atoms with Gasteiger partial charge < -0.3 is 5.11 Å². The zero-order chi connectivity index (χ0) is 11.9. The lowest BCUT2D eigenvalue weighted by Crippen LogP contribution is -2.52. The Labute approximate surface area is 93.9 Å². The van der Waals surface area contributed by atoms with E-state index < -0.39 is 5.60 Å². The molecule has 0 heterocycles. The molecule has 0 spiro atoms. The van der Waals surface area contributed by atoms with Gasteiger partial charge in [0, 0.05) is 5.92 Å². The summed E-state index contributed by atoms with van der Waals surface area (Å²) in [5, 5.41) is 10.9. The van der Waals surface area contributed by atoms with Crippen LogP contribution in [0.4, 0.5) is 0 Å². The third kappa shape index (κ3) is 2.17. The van der Waals surface area contributed by atoms with Crippen LogP contribution in [0.3, 0.4) is 0 Å². The SMILES string of the molecule is CC(C)(C)C1C=CC=CC1(O)C(C)(C)C. The first kappa shape index (κ1) is 12.5. The summed E-state index contributed by atoms with van der Waals surface area (Å²) in [5.41, 5.74) is -0.824. The highest BCUT2D eigenvalue weighted by Gasteiger charge is 2.48. The van der Waals surface area contributed by atoms with Gasteiger partial charge in [0.1, 0.15) is 0 Å². The first-order valence-electron chi connectivity index (χ1n) is 5.67. The minimum absolute atomic E-state index is 0.0727. The maximum Gasteiger partial charge on any atom is 0.0946 e. The van der Waals surface area contributed by atoms with Crippen molar-refractivity contribution in [3.8, 4) is 0 Å². The van der Waals surface area contributed by atoms with Crippen molar-refractivity contribution in [2.45, 2.75) is 47.1 Å². The maximum absolute atomic E-state index is 10.9. The monoisotopic (exact) mass is 208 g/mol. The smallest absolute Gasteiger partial charge is 0.0946 e. The van der Waals surface area contributed by atoms with Gasteiger partial charge in [0.15, 0.2) is 0 Å². The molecule has 86 valence electrons. The van der Waals surface area contributed by atoms with Crippen LogP contribution in [0.2, 0.25) is 0 Å². The molecular formula is C14H24O. The number of hydrogen-bond acceptors (Lipinski definition) is 1. The molecule has 2 atom stereocenters. The highest BCUT2D eigenvalue weighted by Crippen LogP contribution is 2.47. The Morgan fingerprint density at radius 1 is 1.00 bits per heavy atom. The summed E-state index contributed by atoms with van der Waals surface area (Å²) in [6.45, 7) is 12.8. The van der Waals surface area contributed by atoms with Crippen molar-refractivity contribution < 1.29 is 5.11 Å². The van der Waals surface area contributed by atoms with Gasteiger partial charge in [0.25, 0.3) is 0 Å². The van der Waals surface area contributed by atoms with Crippen LogP contribution in [-0.2, 0) is 0 Å². The van der Waals surface area contributed by atoms with E-state index in [2.05, 4.69) is 47.6 Å². The first-order valence-corrected chi connectivity index (χ1v) is 5.67. The Hall–Kier alpha value is -0.560. The molecule has 15 heavy (non-hydrogen) atoms. The first-order chi connectivity index (χ1) is 6.59. The topological polar surface area (TPSA) is 20.2 Å². The number of aliphatic hydroxyl groups is 1. The largest absolute Gasteiger partial charge is 0.385 e. The van der Waals surface area contributed by atoms with E-state index in [9.17, 15) is 5.11 Å². The van der Waals surface area contributed by atoms with E-state index in [1.807, 2.05) is 18.2 Å². The molecule has 1 rings (SSSR count). The second-order valence-corrected chi connectivity index (χ2v) is 6.66. The molecular weight excluding hydrogens is 184 g/mol. The number of rotatable bonds is 0. The van der Waals surface area contributed by atoms with Gasteiger partial charge in [-0.05, 0) is 10.8 Å². The van der Waals surface area contributed by atoms with Crippen LogP contribution >= 0.6 is 0 Å². The van der Waals surface area contributed by atoms with Crippen LogP contribution < -0.4 is 0 Å². The van der Waals surface area contributed by atoms with E-state index in [1.54, 1.807) is 0 Å². The van der Waals surface area contributed by atoms with Crippen molar-refractivity contribution in [3.05, 3.63) is 24.3 Å². The normalized spacial score (nSPS) is 32.1. The van der Waals surface area contributed by atoms with Crippen molar-refractivity contribution in [2.24, 2.45) is 16.7 Å². The molecule has 1 heteroatoms. The summed E-state index contributed by atoms with van der Waals surface area (Å²) in [6.07, 6.45) is 8.07. The average Bonchev–Trinajstić information content (AvgIpc) is 2.00. The van der Waals surface area contributed by atoms with Crippen LogP contribution in [0.25, 0.3) is 0 Å². The summed E-state index contributed by atoms with van der Waals surface area (Å²) in [4.78, 5) is 0. The van der Waals surface area contributed by atoms with E-state index in [1.165, 1.54) is 0 Å². The van der Waals surface area contributed by atoms with Crippen molar-refractivity contribution in [2.75, 3.05) is 0 Å². The predicted molar refractivity (Wildman–Crippen MR) is 65.6 cm³/mol. The van der Waals surface area contributed by atoms with Gasteiger partial charge in [-0.2, -0.15) is 0 Å². The zero-order valence-electron chi connectivity index (χ0n) is 10.8. The van der Waals surface area contributed by atoms with E-state index >= 15 is 0 Å². The Morgan fingerprint density at radius 2 is 1.53 bits per heavy atom. The summed E-state index contributed by atoms with van der Waals surface area (Å²) >= 11 is 0.